The Morgan fingerprint density at radius 3 is 2.00 bits per heavy atom. The molecule has 0 aliphatic heterocycles. The fourth-order valence-corrected chi connectivity index (χ4v) is 3.19. The van der Waals surface area contributed by atoms with Crippen LogP contribution in [0.5, 0.6) is 0 Å². The van der Waals surface area contributed by atoms with Crippen LogP contribution in [0.15, 0.2) is 36.4 Å². The van der Waals surface area contributed by atoms with Gasteiger partial charge < -0.3 is 0 Å². The molecule has 2 rings (SSSR count). The first kappa shape index (κ1) is 14.8. The molecule has 0 N–H and O–H groups in total. The van der Waals surface area contributed by atoms with Crippen molar-refractivity contribution in [3.8, 4) is 11.1 Å². The molecule has 0 amide bonds. The van der Waals surface area contributed by atoms with E-state index in [0.29, 0.717) is 0 Å². The lowest BCUT2D eigenvalue weighted by Gasteiger charge is -2.00. The van der Waals surface area contributed by atoms with Gasteiger partial charge in [-0.25, -0.2) is 0 Å². The van der Waals surface area contributed by atoms with Gasteiger partial charge in [0, 0.05) is 3.57 Å². The lowest BCUT2D eigenvalue weighted by molar-refractivity contribution is 0.607. The van der Waals surface area contributed by atoms with Crippen molar-refractivity contribution >= 4 is 22.6 Å². The molecule has 0 aromatic heterocycles. The van der Waals surface area contributed by atoms with E-state index in [-0.39, 0.29) is 0 Å². The number of fused-ring (bicyclic) bond motifs is 1. The lowest BCUT2D eigenvalue weighted by atomic mass is 10.1. The number of hydrogen-bond acceptors (Lipinski definition) is 0. The molecule has 0 unspecified atom stereocenters. The summed E-state index contributed by atoms with van der Waals surface area (Å²) in [7, 11) is 0. The first-order chi connectivity index (χ1) is 9.29. The van der Waals surface area contributed by atoms with Gasteiger partial charge in [0.05, 0.1) is 0 Å². The van der Waals surface area contributed by atoms with Gasteiger partial charge >= 0.3 is 0 Å². The molecule has 0 saturated carbocycles. The average Bonchev–Trinajstić information content (AvgIpc) is 2.66. The van der Waals surface area contributed by atoms with Crippen molar-refractivity contribution in [2.24, 2.45) is 0 Å². The molecule has 19 heavy (non-hydrogen) atoms. The number of rotatable bonds is 7. The standard InChI is InChI=1S/C18H23I/c1-2-3-4-5-6-7-8-15-9-11-16-13-18(19)14-17(16)12-10-15/h9-14H,2-8H2,1H3. The quantitative estimate of drug-likeness (QED) is 0.399. The van der Waals surface area contributed by atoms with Crippen molar-refractivity contribution in [3.05, 3.63) is 45.5 Å². The molecule has 0 radical (unpaired) electrons. The molecule has 0 aromatic rings. The Labute approximate surface area is 131 Å². The van der Waals surface area contributed by atoms with Crippen LogP contribution < -0.4 is 0 Å². The molecule has 0 heterocycles. The van der Waals surface area contributed by atoms with Crippen LogP contribution >= 0.6 is 22.6 Å². The fourth-order valence-electron chi connectivity index (χ4n) is 2.52. The van der Waals surface area contributed by atoms with Crippen molar-refractivity contribution in [3.63, 3.8) is 0 Å². The summed E-state index contributed by atoms with van der Waals surface area (Å²) in [6.45, 7) is 2.27. The summed E-state index contributed by atoms with van der Waals surface area (Å²) >= 11 is 2.38. The van der Waals surface area contributed by atoms with Crippen LogP contribution in [0, 0.1) is 3.57 Å². The third-order valence-electron chi connectivity index (χ3n) is 3.69. The second-order valence-corrected chi connectivity index (χ2v) is 6.59. The van der Waals surface area contributed by atoms with Gasteiger partial charge in [-0.15, -0.1) is 0 Å². The summed E-state index contributed by atoms with van der Waals surface area (Å²) in [4.78, 5) is 0. The van der Waals surface area contributed by atoms with Crippen LogP contribution in [0.3, 0.4) is 0 Å². The highest BCUT2D eigenvalue weighted by Gasteiger charge is 2.03. The molecule has 0 saturated heterocycles. The third kappa shape index (κ3) is 4.79. The Balaban J connectivity index is 1.84. The normalized spacial score (nSPS) is 11.1. The maximum absolute atomic E-state index is 2.38. The predicted molar refractivity (Wildman–Crippen MR) is 92.9 cm³/mol. The molecular formula is C18H23I. The first-order valence-corrected chi connectivity index (χ1v) is 8.55. The first-order valence-electron chi connectivity index (χ1n) is 7.48. The number of hydrogen-bond donors (Lipinski definition) is 0. The Morgan fingerprint density at radius 1 is 0.789 bits per heavy atom. The average molecular weight is 366 g/mol. The topological polar surface area (TPSA) is 0 Å². The minimum atomic E-state index is 1.22. The highest BCUT2D eigenvalue weighted by Crippen LogP contribution is 2.26. The van der Waals surface area contributed by atoms with Gasteiger partial charge in [0.15, 0.2) is 0 Å². The van der Waals surface area contributed by atoms with E-state index >= 15 is 0 Å². The van der Waals surface area contributed by atoms with E-state index in [9.17, 15) is 0 Å². The summed E-state index contributed by atoms with van der Waals surface area (Å²) < 4.78 is 1.33. The Morgan fingerprint density at radius 2 is 1.37 bits per heavy atom. The molecule has 102 valence electrons. The van der Waals surface area contributed by atoms with E-state index in [0.717, 1.165) is 0 Å². The van der Waals surface area contributed by atoms with Gasteiger partial charge in [0.2, 0.25) is 0 Å². The Kier molecular flexibility index (Phi) is 6.15. The van der Waals surface area contributed by atoms with Gasteiger partial charge in [-0.1, -0.05) is 63.3 Å². The highest BCUT2D eigenvalue weighted by atomic mass is 127. The molecule has 1 heteroatoms. The maximum atomic E-state index is 2.38. The van der Waals surface area contributed by atoms with E-state index in [1.807, 2.05) is 0 Å². The Bertz CT molecular complexity index is 442. The molecule has 0 bridgehead atoms. The smallest absolute Gasteiger partial charge is 0.0142 e. The van der Waals surface area contributed by atoms with E-state index in [4.69, 9.17) is 0 Å². The van der Waals surface area contributed by atoms with Crippen molar-refractivity contribution in [2.45, 2.75) is 51.9 Å². The number of aryl methyl sites for hydroxylation is 1. The van der Waals surface area contributed by atoms with Gasteiger partial charge in [0.1, 0.15) is 0 Å². The number of halogens is 1. The monoisotopic (exact) mass is 366 g/mol. The van der Waals surface area contributed by atoms with Crippen LogP contribution in [0.1, 0.15) is 51.0 Å². The van der Waals surface area contributed by atoms with E-state index in [1.165, 1.54) is 65.2 Å². The molecule has 0 atom stereocenters. The molecule has 2 aliphatic rings. The lowest BCUT2D eigenvalue weighted by Crippen LogP contribution is -1.84. The van der Waals surface area contributed by atoms with Gasteiger partial charge in [-0.2, -0.15) is 0 Å². The second kappa shape index (κ2) is 7.88. The largest absolute Gasteiger partial charge is 0.0654 e. The summed E-state index contributed by atoms with van der Waals surface area (Å²) in [5.74, 6) is 0. The van der Waals surface area contributed by atoms with Gasteiger partial charge in [-0.3, -0.25) is 0 Å². The maximum Gasteiger partial charge on any atom is 0.0142 e. The van der Waals surface area contributed by atoms with E-state index < -0.39 is 0 Å². The van der Waals surface area contributed by atoms with Crippen molar-refractivity contribution in [1.29, 1.82) is 0 Å². The molecular weight excluding hydrogens is 343 g/mol. The zero-order valence-electron chi connectivity index (χ0n) is 11.8. The van der Waals surface area contributed by atoms with E-state index in [1.54, 1.807) is 0 Å². The molecule has 0 spiro atoms. The highest BCUT2D eigenvalue weighted by molar-refractivity contribution is 14.1. The van der Waals surface area contributed by atoms with Crippen molar-refractivity contribution < 1.29 is 0 Å². The van der Waals surface area contributed by atoms with Crippen molar-refractivity contribution in [2.75, 3.05) is 0 Å². The summed E-state index contributed by atoms with van der Waals surface area (Å²) in [6, 6.07) is 13.6. The predicted octanol–water partition coefficient (Wildman–Crippen LogP) is 6.30. The fraction of sp³-hybridized carbons (Fsp3) is 0.444. The van der Waals surface area contributed by atoms with Crippen LogP contribution in [0.25, 0.3) is 11.1 Å². The minimum absolute atomic E-state index is 1.22. The molecule has 0 nitrogen and oxygen atoms in total. The SMILES string of the molecule is CCCCCCCCc1ccc2cc(I)cc-2cc1. The Hall–Kier alpha value is -0.570. The second-order valence-electron chi connectivity index (χ2n) is 5.34. The molecule has 2 aliphatic carbocycles. The zero-order valence-corrected chi connectivity index (χ0v) is 13.9. The van der Waals surface area contributed by atoms with Crippen LogP contribution in [-0.4, -0.2) is 0 Å². The van der Waals surface area contributed by atoms with Crippen LogP contribution in [0.2, 0.25) is 0 Å². The summed E-state index contributed by atoms with van der Waals surface area (Å²) in [5.41, 5.74) is 4.19. The van der Waals surface area contributed by atoms with Crippen molar-refractivity contribution in [1.82, 2.24) is 0 Å². The van der Waals surface area contributed by atoms with Crippen LogP contribution in [-0.2, 0) is 6.42 Å². The van der Waals surface area contributed by atoms with E-state index in [2.05, 4.69) is 65.9 Å². The minimum Gasteiger partial charge on any atom is -0.0654 e. The summed E-state index contributed by atoms with van der Waals surface area (Å²) in [5, 5.41) is 0. The summed E-state index contributed by atoms with van der Waals surface area (Å²) in [6.07, 6.45) is 9.47. The zero-order chi connectivity index (χ0) is 13.5. The van der Waals surface area contributed by atoms with Crippen LogP contribution in [0.4, 0.5) is 0 Å². The van der Waals surface area contributed by atoms with Gasteiger partial charge in [0.25, 0.3) is 0 Å². The van der Waals surface area contributed by atoms with Gasteiger partial charge in [-0.05, 0) is 64.3 Å². The third-order valence-corrected chi connectivity index (χ3v) is 4.32. The molecule has 0 aromatic carbocycles. The molecule has 0 fully saturated rings. The number of unbranched alkanes of at least 4 members (excludes halogenated alkanes) is 5.